The molecule has 0 fully saturated rings. The molecule has 0 aliphatic carbocycles. The molecule has 72 valence electrons. The first-order chi connectivity index (χ1) is 6.33. The van der Waals surface area contributed by atoms with Gasteiger partial charge in [-0.05, 0) is 6.92 Å². The van der Waals surface area contributed by atoms with Gasteiger partial charge in [-0.15, -0.1) is 0 Å². The summed E-state index contributed by atoms with van der Waals surface area (Å²) < 4.78 is 1.91. The van der Waals surface area contributed by atoms with Crippen LogP contribution in [0, 0.1) is 0 Å². The number of hydrogen-bond donors (Lipinski definition) is 2. The molecule has 1 aromatic heterocycles. The lowest BCUT2D eigenvalue weighted by molar-refractivity contribution is 0.241. The van der Waals surface area contributed by atoms with E-state index in [4.69, 9.17) is 0 Å². The van der Waals surface area contributed by atoms with E-state index in [-0.39, 0.29) is 6.03 Å². The average molecular weight is 182 g/mol. The number of aromatic nitrogens is 2. The smallest absolute Gasteiger partial charge is 0.314 e. The summed E-state index contributed by atoms with van der Waals surface area (Å²) in [6.07, 6.45) is 5.30. The molecule has 1 heterocycles. The van der Waals surface area contributed by atoms with Crippen molar-refractivity contribution in [2.45, 2.75) is 13.5 Å². The zero-order valence-electron chi connectivity index (χ0n) is 7.66. The van der Waals surface area contributed by atoms with Crippen LogP contribution in [0.5, 0.6) is 0 Å². The van der Waals surface area contributed by atoms with E-state index in [1.807, 2.05) is 17.7 Å². The van der Waals surface area contributed by atoms with Crippen molar-refractivity contribution >= 4 is 6.03 Å². The van der Waals surface area contributed by atoms with Gasteiger partial charge in [0.25, 0.3) is 0 Å². The minimum absolute atomic E-state index is 0.123. The number of nitrogens with zero attached hydrogens (tertiary/aromatic N) is 2. The van der Waals surface area contributed by atoms with Gasteiger partial charge in [0.05, 0.1) is 6.33 Å². The monoisotopic (exact) mass is 182 g/mol. The number of amides is 2. The maximum absolute atomic E-state index is 10.9. The summed E-state index contributed by atoms with van der Waals surface area (Å²) >= 11 is 0. The molecule has 5 nitrogen and oxygen atoms in total. The zero-order chi connectivity index (χ0) is 9.52. The van der Waals surface area contributed by atoms with Crippen LogP contribution in [0.15, 0.2) is 18.7 Å². The van der Waals surface area contributed by atoms with Crippen molar-refractivity contribution in [3.05, 3.63) is 18.7 Å². The Morgan fingerprint density at radius 1 is 1.54 bits per heavy atom. The summed E-state index contributed by atoms with van der Waals surface area (Å²) in [5.41, 5.74) is 0. The van der Waals surface area contributed by atoms with Gasteiger partial charge in [0, 0.05) is 32.0 Å². The van der Waals surface area contributed by atoms with Gasteiger partial charge in [0.2, 0.25) is 0 Å². The van der Waals surface area contributed by atoms with Crippen molar-refractivity contribution in [2.24, 2.45) is 0 Å². The van der Waals surface area contributed by atoms with E-state index in [9.17, 15) is 4.79 Å². The first-order valence-corrected chi connectivity index (χ1v) is 4.30. The van der Waals surface area contributed by atoms with Gasteiger partial charge in [-0.2, -0.15) is 0 Å². The van der Waals surface area contributed by atoms with Crippen LogP contribution < -0.4 is 10.6 Å². The van der Waals surface area contributed by atoms with E-state index >= 15 is 0 Å². The van der Waals surface area contributed by atoms with Crippen molar-refractivity contribution in [1.82, 2.24) is 20.2 Å². The molecule has 0 bridgehead atoms. The predicted molar refractivity (Wildman–Crippen MR) is 49.3 cm³/mol. The highest BCUT2D eigenvalue weighted by molar-refractivity contribution is 5.73. The van der Waals surface area contributed by atoms with Gasteiger partial charge in [-0.1, -0.05) is 0 Å². The minimum Gasteiger partial charge on any atom is -0.338 e. The van der Waals surface area contributed by atoms with Crippen LogP contribution in [0.4, 0.5) is 4.79 Å². The Kier molecular flexibility index (Phi) is 3.81. The Balaban J connectivity index is 2.11. The van der Waals surface area contributed by atoms with Crippen LogP contribution in [-0.4, -0.2) is 28.7 Å². The van der Waals surface area contributed by atoms with Crippen molar-refractivity contribution in [1.29, 1.82) is 0 Å². The van der Waals surface area contributed by atoms with Crippen LogP contribution in [0.3, 0.4) is 0 Å². The third kappa shape index (κ3) is 3.59. The fourth-order valence-electron chi connectivity index (χ4n) is 0.941. The van der Waals surface area contributed by atoms with E-state index < -0.39 is 0 Å². The lowest BCUT2D eigenvalue weighted by Gasteiger charge is -2.05. The highest BCUT2D eigenvalue weighted by Gasteiger charge is 1.95. The molecule has 0 spiro atoms. The number of carbonyl (C=O) groups is 1. The molecular formula is C8H14N4O. The van der Waals surface area contributed by atoms with Gasteiger partial charge in [0.1, 0.15) is 0 Å². The normalized spacial score (nSPS) is 9.62. The predicted octanol–water partition coefficient (Wildman–Crippen LogP) is 0.202. The summed E-state index contributed by atoms with van der Waals surface area (Å²) in [6, 6.07) is -0.123. The lowest BCUT2D eigenvalue weighted by atomic mass is 10.6. The molecule has 0 atom stereocenters. The summed E-state index contributed by atoms with van der Waals surface area (Å²) in [7, 11) is 0. The molecule has 1 aromatic rings. The summed E-state index contributed by atoms with van der Waals surface area (Å²) in [5, 5.41) is 5.37. The highest BCUT2D eigenvalue weighted by atomic mass is 16.2. The Labute approximate surface area is 77.2 Å². The van der Waals surface area contributed by atoms with E-state index in [1.165, 1.54) is 0 Å². The number of imidazole rings is 1. The maximum atomic E-state index is 10.9. The molecule has 0 radical (unpaired) electrons. The molecule has 1 rings (SSSR count). The van der Waals surface area contributed by atoms with Crippen LogP contribution in [0.1, 0.15) is 6.92 Å². The maximum Gasteiger partial charge on any atom is 0.314 e. The van der Waals surface area contributed by atoms with E-state index in [0.29, 0.717) is 13.1 Å². The molecule has 0 saturated carbocycles. The van der Waals surface area contributed by atoms with Crippen LogP contribution >= 0.6 is 0 Å². The first kappa shape index (κ1) is 9.57. The van der Waals surface area contributed by atoms with Gasteiger partial charge in [0.15, 0.2) is 0 Å². The number of rotatable bonds is 4. The second-order valence-electron chi connectivity index (χ2n) is 2.59. The number of nitrogens with one attached hydrogen (secondary N) is 2. The molecule has 5 heteroatoms. The SMILES string of the molecule is CCNC(=O)NCCn1ccnc1. The number of urea groups is 1. The molecule has 2 amide bonds. The quantitative estimate of drug-likeness (QED) is 0.699. The topological polar surface area (TPSA) is 59.0 Å². The Hall–Kier alpha value is -1.52. The third-order valence-corrected chi connectivity index (χ3v) is 1.55. The van der Waals surface area contributed by atoms with E-state index in [2.05, 4.69) is 15.6 Å². The Morgan fingerprint density at radius 2 is 2.38 bits per heavy atom. The minimum atomic E-state index is -0.123. The standard InChI is InChI=1S/C8H14N4O/c1-2-10-8(13)11-4-6-12-5-3-9-7-12/h3,5,7H,2,4,6H2,1H3,(H2,10,11,13). The van der Waals surface area contributed by atoms with Crippen LogP contribution in [0.25, 0.3) is 0 Å². The van der Waals surface area contributed by atoms with E-state index in [0.717, 1.165) is 6.54 Å². The lowest BCUT2D eigenvalue weighted by Crippen LogP contribution is -2.36. The van der Waals surface area contributed by atoms with Gasteiger partial charge in [-0.25, -0.2) is 9.78 Å². The fraction of sp³-hybridized carbons (Fsp3) is 0.500. The van der Waals surface area contributed by atoms with Crippen molar-refractivity contribution in [3.8, 4) is 0 Å². The second kappa shape index (κ2) is 5.18. The summed E-state index contributed by atoms with van der Waals surface area (Å²) in [6.45, 7) is 3.89. The molecule has 0 aliphatic heterocycles. The molecule has 13 heavy (non-hydrogen) atoms. The fourth-order valence-corrected chi connectivity index (χ4v) is 0.941. The Morgan fingerprint density at radius 3 is 3.00 bits per heavy atom. The molecule has 0 aliphatic rings. The van der Waals surface area contributed by atoms with Crippen molar-refractivity contribution in [2.75, 3.05) is 13.1 Å². The van der Waals surface area contributed by atoms with Crippen LogP contribution in [-0.2, 0) is 6.54 Å². The van der Waals surface area contributed by atoms with Gasteiger partial charge < -0.3 is 15.2 Å². The van der Waals surface area contributed by atoms with Crippen molar-refractivity contribution < 1.29 is 4.79 Å². The molecule has 0 aromatic carbocycles. The van der Waals surface area contributed by atoms with Gasteiger partial charge in [-0.3, -0.25) is 0 Å². The van der Waals surface area contributed by atoms with Crippen molar-refractivity contribution in [3.63, 3.8) is 0 Å². The highest BCUT2D eigenvalue weighted by Crippen LogP contribution is 1.83. The number of carbonyl (C=O) groups excluding carboxylic acids is 1. The van der Waals surface area contributed by atoms with E-state index in [1.54, 1.807) is 12.5 Å². The Bertz CT molecular complexity index is 245. The summed E-state index contributed by atoms with van der Waals surface area (Å²) in [5.74, 6) is 0. The second-order valence-corrected chi connectivity index (χ2v) is 2.59. The first-order valence-electron chi connectivity index (χ1n) is 4.30. The number of hydrogen-bond acceptors (Lipinski definition) is 2. The molecule has 0 unspecified atom stereocenters. The van der Waals surface area contributed by atoms with Gasteiger partial charge >= 0.3 is 6.03 Å². The molecule has 0 saturated heterocycles. The van der Waals surface area contributed by atoms with Crippen LogP contribution in [0.2, 0.25) is 0 Å². The summed E-state index contributed by atoms with van der Waals surface area (Å²) in [4.78, 5) is 14.8. The average Bonchev–Trinajstić information content (AvgIpc) is 2.57. The third-order valence-electron chi connectivity index (χ3n) is 1.55. The zero-order valence-corrected chi connectivity index (χ0v) is 7.66. The molecule has 2 N–H and O–H groups in total. The molecular weight excluding hydrogens is 168 g/mol. The largest absolute Gasteiger partial charge is 0.338 e.